The lowest BCUT2D eigenvalue weighted by molar-refractivity contribution is 0.0934. The second-order valence-corrected chi connectivity index (χ2v) is 8.44. The minimum atomic E-state index is 0.0817. The number of rotatable bonds is 4. The van der Waals surface area contributed by atoms with Crippen LogP contribution in [0.1, 0.15) is 102 Å². The van der Waals surface area contributed by atoms with E-state index < -0.39 is 0 Å². The average molecular weight is 378 g/mol. The molecule has 2 aromatic heterocycles. The second kappa shape index (κ2) is 7.49. The fraction of sp³-hybridized carbons (Fsp3) is 0.545. The van der Waals surface area contributed by atoms with Gasteiger partial charge >= 0.3 is 0 Å². The summed E-state index contributed by atoms with van der Waals surface area (Å²) in [5.41, 5.74) is 3.86. The minimum Gasteiger partial charge on any atom is -0.294 e. The van der Waals surface area contributed by atoms with Gasteiger partial charge in [-0.3, -0.25) is 14.6 Å². The van der Waals surface area contributed by atoms with Crippen LogP contribution in [0.15, 0.2) is 12.4 Å². The van der Waals surface area contributed by atoms with Crippen LogP contribution in [0.25, 0.3) is 0 Å². The number of Topliss-reactive ketones (excluding diaryl/α,β-unsaturated/α-hetero) is 2. The maximum Gasteiger partial charge on any atom is 0.183 e. The predicted octanol–water partition coefficient (Wildman–Crippen LogP) is 3.85. The van der Waals surface area contributed by atoms with Crippen molar-refractivity contribution < 1.29 is 9.59 Å². The van der Waals surface area contributed by atoms with Crippen LogP contribution in [0, 0.1) is 5.92 Å². The van der Waals surface area contributed by atoms with Crippen molar-refractivity contribution in [3.63, 3.8) is 0 Å². The van der Waals surface area contributed by atoms with Crippen molar-refractivity contribution in [2.24, 2.45) is 5.92 Å². The highest BCUT2D eigenvalue weighted by molar-refractivity contribution is 5.97. The molecule has 0 saturated carbocycles. The Morgan fingerprint density at radius 2 is 1.79 bits per heavy atom. The zero-order valence-corrected chi connectivity index (χ0v) is 16.7. The number of nitrogens with zero attached hydrogens (tertiary/aromatic N) is 4. The quantitative estimate of drug-likeness (QED) is 0.803. The summed E-state index contributed by atoms with van der Waals surface area (Å²) >= 11 is 0. The number of carbonyl (C=O) groups is 2. The summed E-state index contributed by atoms with van der Waals surface area (Å²) < 4.78 is 0. The summed E-state index contributed by atoms with van der Waals surface area (Å²) in [5.74, 6) is 1.64. The summed E-state index contributed by atoms with van der Waals surface area (Å²) in [6.07, 6.45) is 7.80. The third kappa shape index (κ3) is 3.60. The van der Waals surface area contributed by atoms with Gasteiger partial charge in [0.05, 0.1) is 22.6 Å². The van der Waals surface area contributed by atoms with Crippen LogP contribution in [0.3, 0.4) is 0 Å². The first-order valence-corrected chi connectivity index (χ1v) is 10.2. The van der Waals surface area contributed by atoms with Gasteiger partial charge in [-0.25, -0.2) is 15.0 Å². The van der Waals surface area contributed by atoms with E-state index in [1.54, 1.807) is 12.4 Å². The summed E-state index contributed by atoms with van der Waals surface area (Å²) in [4.78, 5) is 42.8. The number of aromatic nitrogens is 4. The predicted molar refractivity (Wildman–Crippen MR) is 105 cm³/mol. The van der Waals surface area contributed by atoms with Gasteiger partial charge in [0.25, 0.3) is 0 Å². The monoisotopic (exact) mass is 378 g/mol. The molecule has 28 heavy (non-hydrogen) atoms. The van der Waals surface area contributed by atoms with Gasteiger partial charge in [0.15, 0.2) is 11.6 Å². The molecule has 6 nitrogen and oxygen atoms in total. The standard InChI is InChI=1S/C22H26N4O2/c1-12(2)18-11-23-21-17(25-18)8-14(9-20(21)28)7-13(3)22-24-10-15-16(26-22)5-4-6-19(15)27/h10-14H,4-9H2,1-3H3. The number of ketones is 2. The van der Waals surface area contributed by atoms with E-state index in [9.17, 15) is 9.59 Å². The Morgan fingerprint density at radius 3 is 2.57 bits per heavy atom. The molecule has 2 aliphatic carbocycles. The highest BCUT2D eigenvalue weighted by Gasteiger charge is 2.30. The van der Waals surface area contributed by atoms with Crippen LogP contribution in [-0.4, -0.2) is 31.5 Å². The number of fused-ring (bicyclic) bond motifs is 2. The van der Waals surface area contributed by atoms with Crippen molar-refractivity contribution in [3.05, 3.63) is 46.6 Å². The van der Waals surface area contributed by atoms with Crippen molar-refractivity contribution in [1.29, 1.82) is 0 Å². The smallest absolute Gasteiger partial charge is 0.183 e. The SMILES string of the molecule is CC(C)c1cnc2c(n1)CC(CC(C)c1ncc3c(n1)CCCC3=O)CC2=O. The Balaban J connectivity index is 1.51. The molecule has 0 radical (unpaired) electrons. The van der Waals surface area contributed by atoms with Gasteiger partial charge in [0.2, 0.25) is 0 Å². The molecule has 2 aliphatic rings. The van der Waals surface area contributed by atoms with Crippen LogP contribution in [0.2, 0.25) is 0 Å². The molecule has 0 aromatic carbocycles. The molecule has 0 saturated heterocycles. The largest absolute Gasteiger partial charge is 0.294 e. The van der Waals surface area contributed by atoms with Crippen molar-refractivity contribution in [2.75, 3.05) is 0 Å². The van der Waals surface area contributed by atoms with Crippen LogP contribution in [-0.2, 0) is 12.8 Å². The molecular weight excluding hydrogens is 352 g/mol. The molecule has 0 fully saturated rings. The molecular formula is C22H26N4O2. The maximum atomic E-state index is 12.6. The van der Waals surface area contributed by atoms with Gasteiger partial charge in [-0.05, 0) is 37.5 Å². The van der Waals surface area contributed by atoms with E-state index in [1.165, 1.54) is 0 Å². The van der Waals surface area contributed by atoms with Gasteiger partial charge in [0, 0.05) is 31.2 Å². The van der Waals surface area contributed by atoms with Crippen LogP contribution in [0.5, 0.6) is 0 Å². The molecule has 0 amide bonds. The molecule has 2 unspecified atom stereocenters. The van der Waals surface area contributed by atoms with Crippen LogP contribution >= 0.6 is 0 Å². The number of aryl methyl sites for hydroxylation is 1. The molecule has 0 N–H and O–H groups in total. The molecule has 2 aromatic rings. The fourth-order valence-electron chi connectivity index (χ4n) is 4.22. The number of hydrogen-bond acceptors (Lipinski definition) is 6. The second-order valence-electron chi connectivity index (χ2n) is 8.44. The van der Waals surface area contributed by atoms with E-state index >= 15 is 0 Å². The van der Waals surface area contributed by atoms with Crippen LogP contribution < -0.4 is 0 Å². The molecule has 146 valence electrons. The molecule has 6 heteroatoms. The Morgan fingerprint density at radius 1 is 0.964 bits per heavy atom. The zero-order chi connectivity index (χ0) is 19.8. The van der Waals surface area contributed by atoms with Crippen LogP contribution in [0.4, 0.5) is 0 Å². The van der Waals surface area contributed by atoms with Crippen molar-refractivity contribution >= 4 is 11.6 Å². The summed E-state index contributed by atoms with van der Waals surface area (Å²) in [5, 5.41) is 0. The summed E-state index contributed by atoms with van der Waals surface area (Å²) in [6, 6.07) is 0. The van der Waals surface area contributed by atoms with E-state index in [4.69, 9.17) is 4.98 Å². The Hall–Kier alpha value is -2.50. The molecule has 0 spiro atoms. The fourth-order valence-corrected chi connectivity index (χ4v) is 4.22. The first kappa shape index (κ1) is 18.8. The molecule has 2 heterocycles. The van der Waals surface area contributed by atoms with E-state index in [0.29, 0.717) is 30.0 Å². The minimum absolute atomic E-state index is 0.0817. The van der Waals surface area contributed by atoms with Gasteiger partial charge < -0.3 is 0 Å². The van der Waals surface area contributed by atoms with Crippen molar-refractivity contribution in [3.8, 4) is 0 Å². The Kier molecular flexibility index (Phi) is 5.04. The first-order valence-electron chi connectivity index (χ1n) is 10.2. The van der Waals surface area contributed by atoms with E-state index in [2.05, 4.69) is 35.7 Å². The van der Waals surface area contributed by atoms with Gasteiger partial charge in [-0.15, -0.1) is 0 Å². The molecule has 4 rings (SSSR count). The first-order chi connectivity index (χ1) is 13.4. The Labute approximate surface area is 165 Å². The zero-order valence-electron chi connectivity index (χ0n) is 16.7. The average Bonchev–Trinajstić information content (AvgIpc) is 2.67. The van der Waals surface area contributed by atoms with Gasteiger partial charge in [0.1, 0.15) is 11.5 Å². The highest BCUT2D eigenvalue weighted by Crippen LogP contribution is 2.32. The lowest BCUT2D eigenvalue weighted by Crippen LogP contribution is -2.25. The number of carbonyl (C=O) groups excluding carboxylic acids is 2. The topological polar surface area (TPSA) is 85.7 Å². The molecule has 0 aliphatic heterocycles. The van der Waals surface area contributed by atoms with E-state index in [1.807, 2.05) is 0 Å². The maximum absolute atomic E-state index is 12.6. The summed E-state index contributed by atoms with van der Waals surface area (Å²) in [6.45, 7) is 6.26. The van der Waals surface area contributed by atoms with E-state index in [0.717, 1.165) is 48.6 Å². The van der Waals surface area contributed by atoms with Gasteiger partial charge in [-0.1, -0.05) is 20.8 Å². The van der Waals surface area contributed by atoms with E-state index in [-0.39, 0.29) is 23.4 Å². The third-order valence-corrected chi connectivity index (χ3v) is 5.81. The van der Waals surface area contributed by atoms with Gasteiger partial charge in [-0.2, -0.15) is 0 Å². The Bertz CT molecular complexity index is 938. The van der Waals surface area contributed by atoms with Crippen molar-refractivity contribution in [1.82, 2.24) is 19.9 Å². The number of hydrogen-bond donors (Lipinski definition) is 0. The lowest BCUT2D eigenvalue weighted by Gasteiger charge is -2.25. The molecule has 0 bridgehead atoms. The third-order valence-electron chi connectivity index (χ3n) is 5.81. The summed E-state index contributed by atoms with van der Waals surface area (Å²) in [7, 11) is 0. The van der Waals surface area contributed by atoms with Crippen molar-refractivity contribution in [2.45, 2.75) is 71.1 Å². The normalized spacial score (nSPS) is 20.1. The molecule has 2 atom stereocenters. The lowest BCUT2D eigenvalue weighted by atomic mass is 9.82. The highest BCUT2D eigenvalue weighted by atomic mass is 16.1.